The summed E-state index contributed by atoms with van der Waals surface area (Å²) in [6.45, 7) is 7.17. The van der Waals surface area contributed by atoms with E-state index in [1.807, 2.05) is 7.05 Å². The third-order valence-electron chi connectivity index (χ3n) is 3.61. The van der Waals surface area contributed by atoms with Gasteiger partial charge in [-0.05, 0) is 54.1 Å². The van der Waals surface area contributed by atoms with E-state index in [1.54, 1.807) is 0 Å². The Hall–Kier alpha value is -0.770. The predicted octanol–water partition coefficient (Wildman–Crippen LogP) is 1.52. The fraction of sp³-hybridized carbons (Fsp3) is 0.923. The van der Waals surface area contributed by atoms with Gasteiger partial charge in [0, 0.05) is 19.1 Å². The Morgan fingerprint density at radius 2 is 1.76 bits per heavy atom. The molecule has 0 unspecified atom stereocenters. The normalized spacial score (nSPS) is 20.3. The van der Waals surface area contributed by atoms with Crippen LogP contribution in [0.25, 0.3) is 0 Å². The summed E-state index contributed by atoms with van der Waals surface area (Å²) in [4.78, 5) is 8.93. The maximum absolute atomic E-state index is 6.05. The monoisotopic (exact) mass is 240 g/mol. The van der Waals surface area contributed by atoms with Crippen molar-refractivity contribution in [3.63, 3.8) is 0 Å². The van der Waals surface area contributed by atoms with Crippen LogP contribution in [0.4, 0.5) is 0 Å². The lowest BCUT2D eigenvalue weighted by Gasteiger charge is -2.49. The SMILES string of the molecule is CN(CC1(N(C)C)CCC1)C(N)=NC(C)(C)C. The highest BCUT2D eigenvalue weighted by Crippen LogP contribution is 2.36. The first-order valence-electron chi connectivity index (χ1n) is 6.40. The van der Waals surface area contributed by atoms with Gasteiger partial charge in [-0.3, -0.25) is 0 Å². The van der Waals surface area contributed by atoms with Crippen molar-refractivity contribution >= 4 is 5.96 Å². The molecule has 100 valence electrons. The van der Waals surface area contributed by atoms with Crippen molar-refractivity contribution in [3.8, 4) is 0 Å². The van der Waals surface area contributed by atoms with E-state index < -0.39 is 0 Å². The fourth-order valence-electron chi connectivity index (χ4n) is 2.28. The van der Waals surface area contributed by atoms with Gasteiger partial charge >= 0.3 is 0 Å². The molecule has 0 aromatic carbocycles. The average molecular weight is 240 g/mol. The van der Waals surface area contributed by atoms with Crippen LogP contribution in [0.1, 0.15) is 40.0 Å². The molecule has 1 aliphatic rings. The van der Waals surface area contributed by atoms with Gasteiger partial charge < -0.3 is 15.5 Å². The van der Waals surface area contributed by atoms with E-state index in [-0.39, 0.29) is 5.54 Å². The number of aliphatic imine (C=N–C) groups is 1. The van der Waals surface area contributed by atoms with Crippen LogP contribution in [-0.2, 0) is 0 Å². The van der Waals surface area contributed by atoms with Crippen molar-refractivity contribution < 1.29 is 0 Å². The Balaban J connectivity index is 2.65. The lowest BCUT2D eigenvalue weighted by molar-refractivity contribution is 0.0426. The van der Waals surface area contributed by atoms with Crippen molar-refractivity contribution in [2.75, 3.05) is 27.7 Å². The summed E-state index contributed by atoms with van der Waals surface area (Å²) in [6.07, 6.45) is 3.84. The number of likely N-dealkylation sites (N-methyl/N-ethyl adjacent to an activating group) is 2. The van der Waals surface area contributed by atoms with E-state index in [4.69, 9.17) is 5.73 Å². The molecule has 0 aromatic rings. The number of rotatable bonds is 3. The zero-order valence-corrected chi connectivity index (χ0v) is 12.2. The van der Waals surface area contributed by atoms with Gasteiger partial charge in [-0.25, -0.2) is 4.99 Å². The first-order chi connectivity index (χ1) is 7.66. The molecule has 0 aliphatic heterocycles. The summed E-state index contributed by atoms with van der Waals surface area (Å²) in [6, 6.07) is 0. The van der Waals surface area contributed by atoms with Crippen molar-refractivity contribution in [3.05, 3.63) is 0 Å². The molecule has 0 aromatic heterocycles. The molecule has 0 heterocycles. The van der Waals surface area contributed by atoms with Crippen molar-refractivity contribution in [1.29, 1.82) is 0 Å². The van der Waals surface area contributed by atoms with Crippen LogP contribution in [0, 0.1) is 0 Å². The average Bonchev–Trinajstić information content (AvgIpc) is 2.07. The van der Waals surface area contributed by atoms with E-state index in [1.165, 1.54) is 19.3 Å². The second-order valence-electron chi connectivity index (χ2n) is 6.47. The summed E-state index contributed by atoms with van der Waals surface area (Å²) in [5.41, 5.74) is 6.24. The largest absolute Gasteiger partial charge is 0.370 e. The molecule has 0 radical (unpaired) electrons. The van der Waals surface area contributed by atoms with Gasteiger partial charge in [0.15, 0.2) is 5.96 Å². The Labute approximate surface area is 106 Å². The molecule has 0 spiro atoms. The summed E-state index contributed by atoms with van der Waals surface area (Å²) in [7, 11) is 6.35. The van der Waals surface area contributed by atoms with E-state index in [9.17, 15) is 0 Å². The van der Waals surface area contributed by atoms with Gasteiger partial charge in [0.25, 0.3) is 0 Å². The van der Waals surface area contributed by atoms with Crippen LogP contribution >= 0.6 is 0 Å². The molecule has 0 atom stereocenters. The zero-order chi connectivity index (χ0) is 13.3. The fourth-order valence-corrected chi connectivity index (χ4v) is 2.28. The van der Waals surface area contributed by atoms with Crippen LogP contribution in [0.2, 0.25) is 0 Å². The Kier molecular flexibility index (Phi) is 4.07. The summed E-state index contributed by atoms with van der Waals surface area (Å²) >= 11 is 0. The number of nitrogens with zero attached hydrogens (tertiary/aromatic N) is 3. The van der Waals surface area contributed by atoms with Crippen LogP contribution in [-0.4, -0.2) is 54.5 Å². The van der Waals surface area contributed by atoms with Crippen LogP contribution in [0.3, 0.4) is 0 Å². The van der Waals surface area contributed by atoms with Crippen LogP contribution < -0.4 is 5.73 Å². The van der Waals surface area contributed by atoms with E-state index >= 15 is 0 Å². The van der Waals surface area contributed by atoms with Gasteiger partial charge in [-0.15, -0.1) is 0 Å². The molecule has 4 heteroatoms. The van der Waals surface area contributed by atoms with Crippen LogP contribution in [0.15, 0.2) is 4.99 Å². The van der Waals surface area contributed by atoms with E-state index in [0.717, 1.165) is 6.54 Å². The summed E-state index contributed by atoms with van der Waals surface area (Å²) in [5, 5.41) is 0. The molecular formula is C13H28N4. The third-order valence-corrected chi connectivity index (χ3v) is 3.61. The standard InChI is InChI=1S/C13H28N4/c1-12(2,3)15-11(14)17(6)10-13(16(4)5)8-7-9-13/h7-10H2,1-6H3,(H2,14,15). The third kappa shape index (κ3) is 3.60. The quantitative estimate of drug-likeness (QED) is 0.601. The lowest BCUT2D eigenvalue weighted by Crippen LogP contribution is -2.58. The number of guanidine groups is 1. The minimum atomic E-state index is -0.108. The molecule has 17 heavy (non-hydrogen) atoms. The zero-order valence-electron chi connectivity index (χ0n) is 12.2. The van der Waals surface area contributed by atoms with Crippen molar-refractivity contribution in [2.45, 2.75) is 51.1 Å². The first-order valence-corrected chi connectivity index (χ1v) is 6.40. The maximum atomic E-state index is 6.05. The molecule has 2 N–H and O–H groups in total. The highest BCUT2D eigenvalue weighted by atomic mass is 15.3. The Morgan fingerprint density at radius 1 is 1.24 bits per heavy atom. The van der Waals surface area contributed by atoms with Gasteiger partial charge in [0.2, 0.25) is 0 Å². The molecular weight excluding hydrogens is 212 g/mol. The van der Waals surface area contributed by atoms with Gasteiger partial charge in [-0.1, -0.05) is 0 Å². The second-order valence-corrected chi connectivity index (χ2v) is 6.47. The molecule has 0 amide bonds. The Bertz CT molecular complexity index is 284. The molecule has 1 saturated carbocycles. The minimum absolute atomic E-state index is 0.108. The summed E-state index contributed by atoms with van der Waals surface area (Å²) in [5.74, 6) is 0.644. The molecule has 1 aliphatic carbocycles. The molecule has 4 nitrogen and oxygen atoms in total. The number of hydrogen-bond donors (Lipinski definition) is 1. The van der Waals surface area contributed by atoms with Gasteiger partial charge in [0.1, 0.15) is 0 Å². The molecule has 0 bridgehead atoms. The first kappa shape index (κ1) is 14.3. The topological polar surface area (TPSA) is 44.9 Å². The van der Waals surface area contributed by atoms with Crippen molar-refractivity contribution in [2.24, 2.45) is 10.7 Å². The highest BCUT2D eigenvalue weighted by molar-refractivity contribution is 5.78. The summed E-state index contributed by atoms with van der Waals surface area (Å²) < 4.78 is 0. The van der Waals surface area contributed by atoms with Gasteiger partial charge in [0.05, 0.1) is 5.54 Å². The second kappa shape index (κ2) is 4.84. The Morgan fingerprint density at radius 3 is 2.06 bits per heavy atom. The van der Waals surface area contributed by atoms with Gasteiger partial charge in [-0.2, -0.15) is 0 Å². The molecule has 1 fully saturated rings. The van der Waals surface area contributed by atoms with E-state index in [2.05, 4.69) is 49.7 Å². The smallest absolute Gasteiger partial charge is 0.191 e. The molecule has 1 rings (SSSR count). The van der Waals surface area contributed by atoms with E-state index in [0.29, 0.717) is 11.5 Å². The maximum Gasteiger partial charge on any atom is 0.191 e. The van der Waals surface area contributed by atoms with Crippen LogP contribution in [0.5, 0.6) is 0 Å². The lowest BCUT2D eigenvalue weighted by atomic mass is 9.75. The predicted molar refractivity (Wildman–Crippen MR) is 74.3 cm³/mol. The van der Waals surface area contributed by atoms with Crippen molar-refractivity contribution in [1.82, 2.24) is 9.80 Å². The minimum Gasteiger partial charge on any atom is -0.370 e. The highest BCUT2D eigenvalue weighted by Gasteiger charge is 2.40. The number of hydrogen-bond acceptors (Lipinski definition) is 2. The number of nitrogens with two attached hydrogens (primary N) is 1. The molecule has 0 saturated heterocycles.